The highest BCUT2D eigenvalue weighted by Crippen LogP contribution is 2.40. The van der Waals surface area contributed by atoms with Crippen molar-refractivity contribution in [3.63, 3.8) is 0 Å². The third-order valence-corrected chi connectivity index (χ3v) is 0. The number of hydrogen-bond donors (Lipinski definition) is 0. The Hall–Kier alpha value is 0.390. The summed E-state index contributed by atoms with van der Waals surface area (Å²) in [5.41, 5.74) is 0. The van der Waals surface area contributed by atoms with Crippen molar-refractivity contribution in [3.8, 4) is 0 Å². The van der Waals surface area contributed by atoms with Gasteiger partial charge in [-0.05, 0) is 0 Å². The molecule has 0 saturated carbocycles. The molecule has 0 aromatic rings. The quantitative estimate of drug-likeness (QED) is 0.413. The second kappa shape index (κ2) is 8.01. The van der Waals surface area contributed by atoms with Gasteiger partial charge in [0.1, 0.15) is 0 Å². The molecule has 0 heterocycles. The van der Waals surface area contributed by atoms with E-state index in [2.05, 4.69) is 54.8 Å². The SMILES string of the molecule is C.C.C[N+](C)(C)C.C[P+](C)(C)C. The van der Waals surface area contributed by atoms with E-state index in [1.54, 1.807) is 0 Å². The van der Waals surface area contributed by atoms with Crippen LogP contribution in [-0.4, -0.2) is 59.3 Å². The summed E-state index contributed by atoms with van der Waals surface area (Å²) < 4.78 is 1.00. The van der Waals surface area contributed by atoms with Crippen LogP contribution in [0, 0.1) is 0 Å². The molecule has 80 valence electrons. The van der Waals surface area contributed by atoms with Crippen LogP contribution in [0.25, 0.3) is 0 Å². The summed E-state index contributed by atoms with van der Waals surface area (Å²) >= 11 is 0. The minimum Gasteiger partial charge on any atom is -0.333 e. The van der Waals surface area contributed by atoms with Gasteiger partial charge in [0.15, 0.2) is 0 Å². The Kier molecular flexibility index (Phi) is 15.2. The number of hydrogen-bond acceptors (Lipinski definition) is 0. The molecule has 0 aromatic heterocycles. The molecule has 0 radical (unpaired) electrons. The van der Waals surface area contributed by atoms with Gasteiger partial charge in [0.05, 0.1) is 28.2 Å². The monoisotopic (exact) mass is 197 g/mol. The second-order valence-electron chi connectivity index (χ2n) is 5.37. The largest absolute Gasteiger partial charge is 0.333 e. The predicted octanol–water partition coefficient (Wildman–Crippen LogP) is 3.12. The lowest BCUT2D eigenvalue weighted by atomic mass is 10.8. The highest BCUT2D eigenvalue weighted by atomic mass is 31.2. The van der Waals surface area contributed by atoms with E-state index in [9.17, 15) is 0 Å². The molecule has 0 rings (SSSR count). The zero-order valence-electron chi connectivity index (χ0n) is 8.89. The Morgan fingerprint density at radius 1 is 0.667 bits per heavy atom. The van der Waals surface area contributed by atoms with E-state index in [0.29, 0.717) is 0 Å². The maximum atomic E-state index is 2.30. The van der Waals surface area contributed by atoms with Gasteiger partial charge in [-0.25, -0.2) is 0 Å². The molecule has 0 saturated heterocycles. The van der Waals surface area contributed by atoms with Gasteiger partial charge in [-0.2, -0.15) is 0 Å². The Labute approximate surface area is 82.1 Å². The molecule has 0 aliphatic rings. The molecule has 0 unspecified atom stereocenters. The van der Waals surface area contributed by atoms with Crippen LogP contribution in [0.2, 0.25) is 0 Å². The van der Waals surface area contributed by atoms with E-state index in [1.807, 2.05) is 0 Å². The summed E-state index contributed by atoms with van der Waals surface area (Å²) in [5, 5.41) is 0. The standard InChI is InChI=1S/C4H12N.C4H12P.2CH4/c2*1-5(2,3)4;;/h2*1-4H3;2*1H4/q2*+1;;. The first-order valence-corrected chi connectivity index (χ1v) is 7.16. The molecule has 0 aliphatic carbocycles. The first kappa shape index (κ1) is 22.8. The smallest absolute Gasteiger partial charge is 0.0675 e. The first-order chi connectivity index (χ1) is 4.00. The summed E-state index contributed by atoms with van der Waals surface area (Å²) in [7, 11) is 8.11. The predicted molar refractivity (Wildman–Crippen MR) is 68.0 cm³/mol. The molecular weight excluding hydrogens is 165 g/mol. The fraction of sp³-hybridized carbons (Fsp3) is 1.00. The summed E-state index contributed by atoms with van der Waals surface area (Å²) in [6, 6.07) is 0. The maximum Gasteiger partial charge on any atom is 0.0675 e. The molecule has 0 N–H and O–H groups in total. The second-order valence-corrected chi connectivity index (χ2v) is 10.7. The zero-order chi connectivity index (χ0) is 9.00. The van der Waals surface area contributed by atoms with Gasteiger partial charge in [-0.3, -0.25) is 0 Å². The molecule has 0 aliphatic heterocycles. The van der Waals surface area contributed by atoms with Crippen molar-refractivity contribution in [2.24, 2.45) is 0 Å². The van der Waals surface area contributed by atoms with Crippen LogP contribution in [0.15, 0.2) is 0 Å². The zero-order valence-corrected chi connectivity index (χ0v) is 9.79. The Bertz CT molecular complexity index is 52.8. The average Bonchev–Trinajstić information content (AvgIpc) is 1.12. The molecule has 0 spiro atoms. The highest BCUT2D eigenvalue weighted by molar-refractivity contribution is 7.72. The number of quaternary nitrogens is 1. The van der Waals surface area contributed by atoms with E-state index >= 15 is 0 Å². The number of nitrogens with zero attached hydrogens (tertiary/aromatic N) is 1. The Balaban J connectivity index is -0.0000000457. The van der Waals surface area contributed by atoms with Crippen LogP contribution < -0.4 is 0 Å². The van der Waals surface area contributed by atoms with Gasteiger partial charge in [0, 0.05) is 33.9 Å². The van der Waals surface area contributed by atoms with Crippen LogP contribution in [-0.2, 0) is 0 Å². The van der Waals surface area contributed by atoms with E-state index in [4.69, 9.17) is 0 Å². The topological polar surface area (TPSA) is 0 Å². The van der Waals surface area contributed by atoms with Crippen molar-refractivity contribution in [3.05, 3.63) is 0 Å². The molecule has 1 nitrogen and oxygen atoms in total. The molecule has 0 atom stereocenters. The lowest BCUT2D eigenvalue weighted by Gasteiger charge is -2.14. The minimum absolute atomic E-state index is 0. The molecule has 0 bridgehead atoms. The third-order valence-electron chi connectivity index (χ3n) is 0. The van der Waals surface area contributed by atoms with Gasteiger partial charge in [0.2, 0.25) is 0 Å². The van der Waals surface area contributed by atoms with Crippen molar-refractivity contribution in [1.82, 2.24) is 0 Å². The van der Waals surface area contributed by atoms with Crippen molar-refractivity contribution in [2.75, 3.05) is 54.8 Å². The normalized spacial score (nSPS) is 10.0. The van der Waals surface area contributed by atoms with E-state index in [1.165, 1.54) is 0 Å². The Morgan fingerprint density at radius 3 is 0.667 bits per heavy atom. The van der Waals surface area contributed by atoms with Crippen LogP contribution >= 0.6 is 7.26 Å². The lowest BCUT2D eigenvalue weighted by Crippen LogP contribution is -2.27. The van der Waals surface area contributed by atoms with Gasteiger partial charge in [-0.1, -0.05) is 14.9 Å². The van der Waals surface area contributed by atoms with E-state index in [0.717, 1.165) is 4.48 Å². The summed E-state index contributed by atoms with van der Waals surface area (Å²) in [6.07, 6.45) is 0. The summed E-state index contributed by atoms with van der Waals surface area (Å²) in [5.74, 6) is 0. The Morgan fingerprint density at radius 2 is 0.667 bits per heavy atom. The van der Waals surface area contributed by atoms with Gasteiger partial charge >= 0.3 is 0 Å². The lowest BCUT2D eigenvalue weighted by molar-refractivity contribution is -0.849. The van der Waals surface area contributed by atoms with E-state index in [-0.39, 0.29) is 22.1 Å². The summed E-state index contributed by atoms with van der Waals surface area (Å²) in [6.45, 7) is 9.19. The van der Waals surface area contributed by atoms with Gasteiger partial charge in [0.25, 0.3) is 0 Å². The molecular formula is C10H32NP+2. The van der Waals surface area contributed by atoms with Gasteiger partial charge < -0.3 is 4.48 Å². The number of rotatable bonds is 0. The van der Waals surface area contributed by atoms with Crippen molar-refractivity contribution >= 4 is 7.26 Å². The maximum absolute atomic E-state index is 2.30. The minimum atomic E-state index is -0.389. The van der Waals surface area contributed by atoms with Crippen LogP contribution in [0.3, 0.4) is 0 Å². The van der Waals surface area contributed by atoms with E-state index < -0.39 is 0 Å². The average molecular weight is 197 g/mol. The molecule has 12 heavy (non-hydrogen) atoms. The molecule has 0 aromatic carbocycles. The van der Waals surface area contributed by atoms with Gasteiger partial charge in [-0.15, -0.1) is 0 Å². The highest BCUT2D eigenvalue weighted by Gasteiger charge is 2.03. The van der Waals surface area contributed by atoms with Crippen LogP contribution in [0.4, 0.5) is 0 Å². The van der Waals surface area contributed by atoms with Crippen LogP contribution in [0.1, 0.15) is 14.9 Å². The summed E-state index contributed by atoms with van der Waals surface area (Å²) in [4.78, 5) is 0. The third kappa shape index (κ3) is 6020. The van der Waals surface area contributed by atoms with Crippen LogP contribution in [0.5, 0.6) is 0 Å². The molecule has 0 amide bonds. The fourth-order valence-corrected chi connectivity index (χ4v) is 0. The van der Waals surface area contributed by atoms with Crippen molar-refractivity contribution < 1.29 is 4.48 Å². The first-order valence-electron chi connectivity index (χ1n) is 3.58. The van der Waals surface area contributed by atoms with Crippen molar-refractivity contribution in [2.45, 2.75) is 14.9 Å². The fourth-order valence-electron chi connectivity index (χ4n) is 0. The molecule has 2 heteroatoms. The van der Waals surface area contributed by atoms with Crippen molar-refractivity contribution in [1.29, 1.82) is 0 Å². The molecule has 0 fully saturated rings.